The molecule has 11 heavy (non-hydrogen) atoms. The molecule has 0 spiro atoms. The van der Waals surface area contributed by atoms with Crippen LogP contribution in [0.5, 0.6) is 17.2 Å². The molecule has 0 saturated heterocycles. The van der Waals surface area contributed by atoms with Gasteiger partial charge in [-0.15, -0.1) is 0 Å². The number of phenolic OH excluding ortho intramolecular Hbond substituents is 1. The molecule has 0 aromatic heterocycles. The Hall–Kier alpha value is -1.22. The van der Waals surface area contributed by atoms with Crippen LogP contribution < -0.4 is 4.74 Å². The summed E-state index contributed by atoms with van der Waals surface area (Å²) in [4.78, 5) is 0. The molecule has 3 heteroatoms. The van der Waals surface area contributed by atoms with Gasteiger partial charge in [0.25, 0.3) is 0 Å². The summed E-state index contributed by atoms with van der Waals surface area (Å²) in [5.74, 6) is 1.47. The summed E-state index contributed by atoms with van der Waals surface area (Å²) in [6.07, 6.45) is -0.674. The minimum atomic E-state index is -0.674. The molecule has 58 valence electrons. The van der Waals surface area contributed by atoms with Crippen LogP contribution in [0.3, 0.4) is 0 Å². The van der Waals surface area contributed by atoms with E-state index in [-0.39, 0.29) is 5.75 Å². The SMILES string of the molecule is CC(O)c1c(O)ccc2c1O2. The van der Waals surface area contributed by atoms with E-state index in [1.807, 2.05) is 0 Å². The maximum absolute atomic E-state index is 9.26. The quantitative estimate of drug-likeness (QED) is 0.609. The fourth-order valence-corrected chi connectivity index (χ4v) is 1.15. The first-order chi connectivity index (χ1) is 5.20. The van der Waals surface area contributed by atoms with Crippen molar-refractivity contribution in [2.24, 2.45) is 0 Å². The summed E-state index contributed by atoms with van der Waals surface area (Å²) in [5, 5.41) is 18.4. The topological polar surface area (TPSA) is 53.0 Å². The average molecular weight is 152 g/mol. The molecule has 0 saturated carbocycles. The number of phenols is 1. The molecule has 1 heterocycles. The van der Waals surface area contributed by atoms with Gasteiger partial charge in [0, 0.05) is 0 Å². The molecule has 1 atom stereocenters. The zero-order valence-electron chi connectivity index (χ0n) is 6.03. The smallest absolute Gasteiger partial charge is 0.179 e. The second-order valence-corrected chi connectivity index (χ2v) is 2.60. The number of benzene rings is 1. The van der Waals surface area contributed by atoms with Crippen molar-refractivity contribution in [1.29, 1.82) is 0 Å². The van der Waals surface area contributed by atoms with Crippen LogP contribution in [0.25, 0.3) is 0 Å². The number of ether oxygens (including phenoxy) is 1. The van der Waals surface area contributed by atoms with Crippen LogP contribution in [0.4, 0.5) is 0 Å². The Morgan fingerprint density at radius 1 is 1.45 bits per heavy atom. The van der Waals surface area contributed by atoms with E-state index in [1.54, 1.807) is 13.0 Å². The summed E-state index contributed by atoms with van der Waals surface area (Å²) < 4.78 is 4.99. The standard InChI is InChI=1S/C8H8O3/c1-4(9)7-5(10)2-3-6-8(7)11-6/h2-4,9-10H,1H3. The van der Waals surface area contributed by atoms with Gasteiger partial charge in [-0.05, 0) is 19.1 Å². The predicted octanol–water partition coefficient (Wildman–Crippen LogP) is 1.55. The molecule has 0 aliphatic carbocycles. The molecule has 1 unspecified atom stereocenters. The highest BCUT2D eigenvalue weighted by Crippen LogP contribution is 2.53. The summed E-state index contributed by atoms with van der Waals surface area (Å²) >= 11 is 0. The molecular weight excluding hydrogens is 144 g/mol. The lowest BCUT2D eigenvalue weighted by Crippen LogP contribution is -1.88. The first kappa shape index (κ1) is 6.49. The van der Waals surface area contributed by atoms with Gasteiger partial charge >= 0.3 is 0 Å². The first-order valence-corrected chi connectivity index (χ1v) is 3.42. The Balaban J connectivity index is 2.55. The highest BCUT2D eigenvalue weighted by molar-refractivity contribution is 5.64. The van der Waals surface area contributed by atoms with E-state index < -0.39 is 6.10 Å². The van der Waals surface area contributed by atoms with E-state index in [0.29, 0.717) is 11.3 Å². The molecule has 1 aliphatic rings. The molecule has 0 fully saturated rings. The van der Waals surface area contributed by atoms with E-state index in [0.717, 1.165) is 5.75 Å². The molecule has 0 radical (unpaired) electrons. The molecule has 3 nitrogen and oxygen atoms in total. The van der Waals surface area contributed by atoms with Crippen molar-refractivity contribution in [3.8, 4) is 17.2 Å². The maximum atomic E-state index is 9.26. The second kappa shape index (κ2) is 1.89. The third-order valence-electron chi connectivity index (χ3n) is 1.73. The lowest BCUT2D eigenvalue weighted by Gasteiger charge is -2.02. The lowest BCUT2D eigenvalue weighted by atomic mass is 10.1. The van der Waals surface area contributed by atoms with Gasteiger partial charge < -0.3 is 14.9 Å². The van der Waals surface area contributed by atoms with E-state index in [1.165, 1.54) is 6.07 Å². The van der Waals surface area contributed by atoms with Crippen molar-refractivity contribution in [3.05, 3.63) is 17.7 Å². The molecule has 0 bridgehead atoms. The van der Waals surface area contributed by atoms with Crippen molar-refractivity contribution in [3.63, 3.8) is 0 Å². The zero-order chi connectivity index (χ0) is 8.01. The van der Waals surface area contributed by atoms with Crippen molar-refractivity contribution in [2.75, 3.05) is 0 Å². The van der Waals surface area contributed by atoms with E-state index in [9.17, 15) is 10.2 Å². The van der Waals surface area contributed by atoms with Gasteiger partial charge in [-0.25, -0.2) is 0 Å². The zero-order valence-corrected chi connectivity index (χ0v) is 6.03. The van der Waals surface area contributed by atoms with E-state index in [4.69, 9.17) is 4.74 Å². The number of aliphatic hydroxyl groups excluding tert-OH is 1. The highest BCUT2D eigenvalue weighted by atomic mass is 16.6. The third-order valence-corrected chi connectivity index (χ3v) is 1.73. The van der Waals surface area contributed by atoms with Crippen LogP contribution >= 0.6 is 0 Å². The number of aliphatic hydroxyl groups is 1. The first-order valence-electron chi connectivity index (χ1n) is 3.42. The van der Waals surface area contributed by atoms with Crippen molar-refractivity contribution >= 4 is 0 Å². The second-order valence-electron chi connectivity index (χ2n) is 2.60. The van der Waals surface area contributed by atoms with Crippen LogP contribution in [0, 0.1) is 0 Å². The Kier molecular flexibility index (Phi) is 1.11. The largest absolute Gasteiger partial charge is 0.507 e. The number of aromatic hydroxyl groups is 1. The Labute approximate surface area is 63.9 Å². The summed E-state index contributed by atoms with van der Waals surface area (Å²) in [5.41, 5.74) is 0.488. The molecular formula is C8H8O3. The van der Waals surface area contributed by atoms with Crippen molar-refractivity contribution in [2.45, 2.75) is 13.0 Å². The van der Waals surface area contributed by atoms with Crippen LogP contribution in [0.15, 0.2) is 12.1 Å². The fourth-order valence-electron chi connectivity index (χ4n) is 1.15. The summed E-state index contributed by atoms with van der Waals surface area (Å²) in [6, 6.07) is 3.20. The minimum Gasteiger partial charge on any atom is -0.507 e. The van der Waals surface area contributed by atoms with Gasteiger partial charge in [0.15, 0.2) is 11.5 Å². The van der Waals surface area contributed by atoms with Gasteiger partial charge in [0.05, 0.1) is 11.7 Å². The van der Waals surface area contributed by atoms with Gasteiger partial charge in [0.2, 0.25) is 0 Å². The van der Waals surface area contributed by atoms with Gasteiger partial charge in [-0.2, -0.15) is 0 Å². The maximum Gasteiger partial charge on any atom is 0.179 e. The Morgan fingerprint density at radius 2 is 2.18 bits per heavy atom. The average Bonchev–Trinajstić information content (AvgIpc) is 2.64. The van der Waals surface area contributed by atoms with Gasteiger partial charge in [-0.3, -0.25) is 0 Å². The number of hydrogen-bond donors (Lipinski definition) is 2. The van der Waals surface area contributed by atoms with Crippen LogP contribution in [0.1, 0.15) is 18.6 Å². The van der Waals surface area contributed by atoms with Gasteiger partial charge in [0.1, 0.15) is 5.75 Å². The summed E-state index contributed by atoms with van der Waals surface area (Å²) in [6.45, 7) is 1.59. The summed E-state index contributed by atoms with van der Waals surface area (Å²) in [7, 11) is 0. The van der Waals surface area contributed by atoms with Crippen LogP contribution in [0.2, 0.25) is 0 Å². The van der Waals surface area contributed by atoms with Crippen LogP contribution in [-0.2, 0) is 0 Å². The van der Waals surface area contributed by atoms with Crippen LogP contribution in [-0.4, -0.2) is 10.2 Å². The predicted molar refractivity (Wildman–Crippen MR) is 38.8 cm³/mol. The molecule has 0 amide bonds. The highest BCUT2D eigenvalue weighted by Gasteiger charge is 2.29. The van der Waals surface area contributed by atoms with Gasteiger partial charge in [-0.1, -0.05) is 0 Å². The molecule has 1 aromatic carbocycles. The van der Waals surface area contributed by atoms with Crippen molar-refractivity contribution in [1.82, 2.24) is 0 Å². The third kappa shape index (κ3) is 0.851. The number of rotatable bonds is 1. The Bertz CT molecular complexity index is 301. The molecule has 1 aliphatic heterocycles. The molecule has 2 N–H and O–H groups in total. The van der Waals surface area contributed by atoms with E-state index in [2.05, 4.69) is 0 Å². The van der Waals surface area contributed by atoms with E-state index >= 15 is 0 Å². The monoisotopic (exact) mass is 152 g/mol. The normalized spacial score (nSPS) is 15.1. The minimum absolute atomic E-state index is 0.0938. The Morgan fingerprint density at radius 3 is 2.73 bits per heavy atom. The van der Waals surface area contributed by atoms with Crippen molar-refractivity contribution < 1.29 is 14.9 Å². The number of hydrogen-bond acceptors (Lipinski definition) is 3. The molecule has 2 rings (SSSR count). The lowest BCUT2D eigenvalue weighted by molar-refractivity contribution is 0.194. The molecule has 1 aromatic rings. The fraction of sp³-hybridized carbons (Fsp3) is 0.250. The number of fused-ring (bicyclic) bond motifs is 1.